The van der Waals surface area contributed by atoms with Crippen molar-refractivity contribution in [2.24, 2.45) is 0 Å². The van der Waals surface area contributed by atoms with E-state index in [0.717, 1.165) is 37.3 Å². The van der Waals surface area contributed by atoms with E-state index in [2.05, 4.69) is 29.0 Å². The van der Waals surface area contributed by atoms with Gasteiger partial charge in [-0.15, -0.1) is 0 Å². The van der Waals surface area contributed by atoms with Crippen LogP contribution in [0.2, 0.25) is 0 Å². The molecule has 1 heterocycles. The molecule has 1 aromatic heterocycles. The number of hydrogen-bond donors (Lipinski definition) is 1. The molecule has 0 aliphatic carbocycles. The molecule has 0 saturated heterocycles. The highest BCUT2D eigenvalue weighted by atomic mass is 16.5. The number of hydrogen-bond acceptors (Lipinski definition) is 2. The Morgan fingerprint density at radius 3 is 1.84 bits per heavy atom. The molecule has 0 bridgehead atoms. The second-order valence-electron chi connectivity index (χ2n) is 10.9. The van der Waals surface area contributed by atoms with Gasteiger partial charge in [0.15, 0.2) is 5.69 Å². The van der Waals surface area contributed by atoms with Gasteiger partial charge < -0.3 is 9.64 Å². The van der Waals surface area contributed by atoms with Crippen LogP contribution >= 0.6 is 0 Å². The summed E-state index contributed by atoms with van der Waals surface area (Å²) in [6.07, 6.45) is 28.0. The third-order valence-electron chi connectivity index (χ3n) is 7.61. The lowest BCUT2D eigenvalue weighted by molar-refractivity contribution is -0.376. The van der Waals surface area contributed by atoms with Crippen LogP contribution in [-0.4, -0.2) is 29.4 Å². The summed E-state index contributed by atoms with van der Waals surface area (Å²) < 4.78 is 5.25. The second kappa shape index (κ2) is 21.6. The Kier molecular flexibility index (Phi) is 18.2. The van der Waals surface area contributed by atoms with Crippen LogP contribution < -0.4 is 9.72 Å². The number of aromatic amines is 2. The van der Waals surface area contributed by atoms with Crippen LogP contribution in [-0.2, 0) is 17.8 Å². The first-order valence-electron chi connectivity index (χ1n) is 15.7. The van der Waals surface area contributed by atoms with E-state index in [9.17, 15) is 4.79 Å². The van der Waals surface area contributed by atoms with Crippen molar-refractivity contribution in [2.45, 2.75) is 135 Å². The topological polar surface area (TPSA) is 59.5 Å². The number of ether oxygens (including phenoxy) is 1. The van der Waals surface area contributed by atoms with Crippen molar-refractivity contribution >= 4 is 5.91 Å². The van der Waals surface area contributed by atoms with Gasteiger partial charge in [0.1, 0.15) is 11.9 Å². The molecule has 38 heavy (non-hydrogen) atoms. The molecule has 2 rings (SSSR count). The number of methoxy groups -OCH3 is 1. The Bertz CT molecular complexity index is 804. The molecule has 0 spiro atoms. The zero-order valence-corrected chi connectivity index (χ0v) is 24.6. The molecule has 0 aliphatic heterocycles. The maximum absolute atomic E-state index is 13.0. The number of amides is 1. The largest absolute Gasteiger partial charge is 0.497 e. The Balaban J connectivity index is 1.51. The molecule has 0 aliphatic rings. The van der Waals surface area contributed by atoms with E-state index in [1.165, 1.54) is 102 Å². The number of aromatic nitrogens is 2. The van der Waals surface area contributed by atoms with E-state index in [4.69, 9.17) is 4.74 Å². The second-order valence-corrected chi connectivity index (χ2v) is 10.9. The van der Waals surface area contributed by atoms with Crippen molar-refractivity contribution in [3.8, 4) is 5.75 Å². The molecule has 0 fully saturated rings. The number of aryl methyl sites for hydroxylation is 1. The van der Waals surface area contributed by atoms with E-state index in [1.54, 1.807) is 7.11 Å². The third-order valence-corrected chi connectivity index (χ3v) is 7.61. The maximum Gasteiger partial charge on any atom is 0.239 e. The van der Waals surface area contributed by atoms with E-state index in [0.29, 0.717) is 13.0 Å². The van der Waals surface area contributed by atoms with Gasteiger partial charge in [-0.2, -0.15) is 0 Å². The third kappa shape index (κ3) is 15.2. The number of rotatable bonds is 24. The predicted octanol–water partition coefficient (Wildman–Crippen LogP) is 8.45. The van der Waals surface area contributed by atoms with Gasteiger partial charge in [-0.3, -0.25) is 4.79 Å². The summed E-state index contributed by atoms with van der Waals surface area (Å²) in [4.78, 5) is 21.3. The first kappa shape index (κ1) is 31.9. The number of carbonyl (C=O) groups is 1. The lowest BCUT2D eigenvalue weighted by Gasteiger charge is -2.21. The molecule has 2 aromatic rings. The van der Waals surface area contributed by atoms with Gasteiger partial charge in [0.05, 0.1) is 13.7 Å². The fourth-order valence-corrected chi connectivity index (χ4v) is 5.16. The molecule has 1 amide bonds. The van der Waals surface area contributed by atoms with Crippen molar-refractivity contribution in [3.63, 3.8) is 0 Å². The fraction of sp³-hybridized carbons (Fsp3) is 0.697. The van der Waals surface area contributed by atoms with E-state index >= 15 is 0 Å². The maximum atomic E-state index is 13.0. The zero-order valence-electron chi connectivity index (χ0n) is 24.6. The quantitative estimate of drug-likeness (QED) is 0.139. The van der Waals surface area contributed by atoms with Crippen LogP contribution in [0.1, 0.15) is 134 Å². The summed E-state index contributed by atoms with van der Waals surface area (Å²) in [7, 11) is 1.69. The van der Waals surface area contributed by atoms with Gasteiger partial charge in [0, 0.05) is 13.0 Å². The van der Waals surface area contributed by atoms with E-state index in [-0.39, 0.29) is 5.91 Å². The Labute approximate surface area is 233 Å². The van der Waals surface area contributed by atoms with Crippen molar-refractivity contribution in [1.29, 1.82) is 0 Å². The smallest absolute Gasteiger partial charge is 0.239 e. The van der Waals surface area contributed by atoms with Crippen LogP contribution in [0.3, 0.4) is 0 Å². The summed E-state index contributed by atoms with van der Waals surface area (Å²) in [6, 6.07) is 8.23. The van der Waals surface area contributed by atoms with Gasteiger partial charge in [-0.1, -0.05) is 115 Å². The Morgan fingerprint density at radius 2 is 1.34 bits per heavy atom. The monoisotopic (exact) mass is 526 g/mol. The van der Waals surface area contributed by atoms with Gasteiger partial charge in [-0.25, -0.2) is 9.97 Å². The number of imidazole rings is 1. The summed E-state index contributed by atoms with van der Waals surface area (Å²) >= 11 is 0. The molecule has 0 radical (unpaired) electrons. The number of carbonyl (C=O) groups excluding carboxylic acids is 1. The first-order chi connectivity index (χ1) is 18.7. The van der Waals surface area contributed by atoms with Gasteiger partial charge in [0.25, 0.3) is 0 Å². The summed E-state index contributed by atoms with van der Waals surface area (Å²) in [5, 5.41) is 0. The first-order valence-corrected chi connectivity index (χ1v) is 15.7. The molecule has 2 N–H and O–H groups in total. The SMILES string of the molecule is CCCCCCCCCCCCCCCCCCC(=O)N(CCCc1ccc(OC)cc1)Cc1c[nH+]c[nH]1. The number of nitrogens with zero attached hydrogens (tertiary/aromatic N) is 1. The average Bonchev–Trinajstić information content (AvgIpc) is 3.46. The number of nitrogens with one attached hydrogen (secondary N) is 2. The molecule has 214 valence electrons. The van der Waals surface area contributed by atoms with Gasteiger partial charge in [-0.05, 0) is 37.0 Å². The standard InChI is InChI=1S/C33H55N3O2/c1-3-4-5-6-7-8-9-10-11-12-13-14-15-16-17-18-21-33(37)36(28-31-27-34-29-35-31)26-19-20-30-22-24-32(38-2)25-23-30/h22-25,27,29H,3-21,26,28H2,1-2H3,(H,34,35)/p+1. The van der Waals surface area contributed by atoms with Crippen LogP contribution in [0.25, 0.3) is 0 Å². The van der Waals surface area contributed by atoms with Crippen molar-refractivity contribution < 1.29 is 14.5 Å². The molecule has 0 saturated carbocycles. The molecule has 5 nitrogen and oxygen atoms in total. The van der Waals surface area contributed by atoms with Crippen LogP contribution in [0, 0.1) is 0 Å². The van der Waals surface area contributed by atoms with Crippen LogP contribution in [0.15, 0.2) is 36.8 Å². The average molecular weight is 527 g/mol. The van der Waals surface area contributed by atoms with Crippen LogP contribution in [0.5, 0.6) is 5.75 Å². The number of unbranched alkanes of at least 4 members (excludes halogenated alkanes) is 15. The highest BCUT2D eigenvalue weighted by molar-refractivity contribution is 5.76. The normalized spacial score (nSPS) is 11.1. The number of H-pyrrole nitrogens is 2. The van der Waals surface area contributed by atoms with Gasteiger partial charge >= 0.3 is 0 Å². The molecular formula is C33H56N3O2+. The Morgan fingerprint density at radius 1 is 0.789 bits per heavy atom. The molecule has 0 unspecified atom stereocenters. The highest BCUT2D eigenvalue weighted by Crippen LogP contribution is 2.16. The highest BCUT2D eigenvalue weighted by Gasteiger charge is 2.16. The van der Waals surface area contributed by atoms with Gasteiger partial charge in [0.2, 0.25) is 12.2 Å². The summed E-state index contributed by atoms with van der Waals surface area (Å²) in [6.45, 7) is 3.71. The molecular weight excluding hydrogens is 470 g/mol. The van der Waals surface area contributed by atoms with Crippen LogP contribution in [0.4, 0.5) is 0 Å². The van der Waals surface area contributed by atoms with E-state index in [1.807, 2.05) is 29.6 Å². The van der Waals surface area contributed by atoms with Crippen molar-refractivity contribution in [3.05, 3.63) is 48.0 Å². The number of benzene rings is 1. The fourth-order valence-electron chi connectivity index (χ4n) is 5.16. The minimum absolute atomic E-state index is 0.277. The lowest BCUT2D eigenvalue weighted by Crippen LogP contribution is -2.31. The molecule has 0 atom stereocenters. The van der Waals surface area contributed by atoms with Crippen molar-refractivity contribution in [2.75, 3.05) is 13.7 Å². The van der Waals surface area contributed by atoms with Crippen molar-refractivity contribution in [1.82, 2.24) is 9.88 Å². The predicted molar refractivity (Wildman–Crippen MR) is 158 cm³/mol. The summed E-state index contributed by atoms with van der Waals surface area (Å²) in [5.41, 5.74) is 2.33. The van der Waals surface area contributed by atoms with E-state index < -0.39 is 0 Å². The Hall–Kier alpha value is -2.30. The minimum atomic E-state index is 0.277. The molecule has 5 heteroatoms. The summed E-state index contributed by atoms with van der Waals surface area (Å²) in [5.74, 6) is 1.16. The minimum Gasteiger partial charge on any atom is -0.497 e. The lowest BCUT2D eigenvalue weighted by atomic mass is 10.0. The molecule has 1 aromatic carbocycles. The zero-order chi connectivity index (χ0) is 27.1.